The fraction of sp³-hybridized carbons (Fsp3) is 0.500. The van der Waals surface area contributed by atoms with Crippen LogP contribution in [0, 0.1) is 12.8 Å². The van der Waals surface area contributed by atoms with Crippen LogP contribution in [0.4, 0.5) is 13.2 Å². The van der Waals surface area contributed by atoms with Gasteiger partial charge in [-0.15, -0.1) is 12.4 Å². The van der Waals surface area contributed by atoms with Crippen LogP contribution in [0.3, 0.4) is 0 Å². The van der Waals surface area contributed by atoms with Crippen LogP contribution in [0.2, 0.25) is 0 Å². The third kappa shape index (κ3) is 5.11. The monoisotopic (exact) mass is 430 g/mol. The molecule has 3 rings (SSSR count). The highest BCUT2D eigenvalue weighted by atomic mass is 35.5. The molecule has 1 saturated heterocycles. The molecular weight excluding hydrogens is 405 g/mol. The first-order valence-electron chi connectivity index (χ1n) is 9.48. The van der Waals surface area contributed by atoms with Gasteiger partial charge in [0, 0.05) is 13.1 Å². The second kappa shape index (κ2) is 9.63. The zero-order valence-electron chi connectivity index (χ0n) is 16.5. The summed E-state index contributed by atoms with van der Waals surface area (Å²) in [5, 5.41) is 7.03. The summed E-state index contributed by atoms with van der Waals surface area (Å²) in [5.74, 6) is -0.104. The van der Waals surface area contributed by atoms with Crippen LogP contribution in [-0.4, -0.2) is 47.3 Å². The van der Waals surface area contributed by atoms with E-state index in [4.69, 9.17) is 0 Å². The molecule has 0 bridgehead atoms. The Bertz CT molecular complexity index is 829. The number of hydrogen-bond donors (Lipinski definition) is 1. The Morgan fingerprint density at radius 2 is 1.90 bits per heavy atom. The Morgan fingerprint density at radius 1 is 1.24 bits per heavy atom. The highest BCUT2D eigenvalue weighted by molar-refractivity contribution is 5.95. The molecule has 160 valence electrons. The van der Waals surface area contributed by atoms with E-state index < -0.39 is 17.8 Å². The maximum absolute atomic E-state index is 13.8. The highest BCUT2D eigenvalue weighted by Gasteiger charge is 2.42. The van der Waals surface area contributed by atoms with Crippen LogP contribution in [0.1, 0.15) is 40.9 Å². The zero-order valence-corrected chi connectivity index (χ0v) is 17.3. The lowest BCUT2D eigenvalue weighted by Gasteiger charge is -2.32. The van der Waals surface area contributed by atoms with Crippen molar-refractivity contribution in [2.45, 2.75) is 32.4 Å². The van der Waals surface area contributed by atoms with Crippen molar-refractivity contribution in [1.82, 2.24) is 20.0 Å². The third-order valence-corrected chi connectivity index (χ3v) is 5.32. The van der Waals surface area contributed by atoms with E-state index >= 15 is 0 Å². The van der Waals surface area contributed by atoms with E-state index in [-0.39, 0.29) is 18.0 Å². The summed E-state index contributed by atoms with van der Waals surface area (Å²) in [7, 11) is 1.89. The van der Waals surface area contributed by atoms with Gasteiger partial charge in [0.2, 0.25) is 0 Å². The summed E-state index contributed by atoms with van der Waals surface area (Å²) in [5.41, 5.74) is -0.423. The lowest BCUT2D eigenvalue weighted by atomic mass is 9.93. The van der Waals surface area contributed by atoms with Gasteiger partial charge in [0.15, 0.2) is 5.69 Å². The van der Waals surface area contributed by atoms with Crippen molar-refractivity contribution >= 4 is 18.3 Å². The van der Waals surface area contributed by atoms with Gasteiger partial charge in [-0.25, -0.2) is 4.68 Å². The number of likely N-dealkylation sites (tertiary alicyclic amines) is 1. The van der Waals surface area contributed by atoms with E-state index in [0.29, 0.717) is 30.3 Å². The van der Waals surface area contributed by atoms with Gasteiger partial charge in [-0.1, -0.05) is 18.2 Å². The Balaban J connectivity index is 0.00000300. The summed E-state index contributed by atoms with van der Waals surface area (Å²) >= 11 is 0. The minimum atomic E-state index is -4.69. The van der Waals surface area contributed by atoms with E-state index in [1.165, 1.54) is 4.90 Å². The standard InChI is InChI=1S/C20H25F3N4O.ClH/c1-14-5-3-4-6-17(14)27-18(20(21,22)23)16(13-25-27)19(28)26-11-8-15(9-12-26)7-10-24-2;/h3-6,13,15,24H,7-12H2,1-2H3;1H. The number of hydrogen-bond acceptors (Lipinski definition) is 3. The molecule has 0 unspecified atom stereocenters. The lowest BCUT2D eigenvalue weighted by Crippen LogP contribution is -2.39. The Labute approximate surface area is 174 Å². The number of piperidine rings is 1. The highest BCUT2D eigenvalue weighted by Crippen LogP contribution is 2.35. The second-order valence-corrected chi connectivity index (χ2v) is 7.23. The van der Waals surface area contributed by atoms with Gasteiger partial charge in [0.25, 0.3) is 5.91 Å². The molecule has 1 amide bonds. The molecule has 1 aromatic carbocycles. The summed E-state index contributed by atoms with van der Waals surface area (Å²) in [6.07, 6.45) is -1.02. The molecule has 1 aliphatic rings. The predicted octanol–water partition coefficient (Wildman–Crippen LogP) is 4.08. The Hall–Kier alpha value is -2.06. The van der Waals surface area contributed by atoms with Gasteiger partial charge in [-0.3, -0.25) is 4.79 Å². The molecule has 0 aliphatic carbocycles. The quantitative estimate of drug-likeness (QED) is 0.777. The number of halogens is 4. The van der Waals surface area contributed by atoms with Crippen LogP contribution < -0.4 is 5.32 Å². The first-order valence-corrected chi connectivity index (χ1v) is 9.48. The smallest absolute Gasteiger partial charge is 0.339 e. The van der Waals surface area contributed by atoms with Crippen molar-refractivity contribution < 1.29 is 18.0 Å². The van der Waals surface area contributed by atoms with Gasteiger partial charge < -0.3 is 10.2 Å². The number of para-hydroxylation sites is 1. The SMILES string of the molecule is CNCCC1CCN(C(=O)c2cnn(-c3ccccc3C)c2C(F)(F)F)CC1.Cl. The van der Waals surface area contributed by atoms with Crippen LogP contribution >= 0.6 is 12.4 Å². The van der Waals surface area contributed by atoms with Crippen LogP contribution in [0.25, 0.3) is 5.69 Å². The van der Waals surface area contributed by atoms with E-state index in [0.717, 1.165) is 36.7 Å². The number of benzene rings is 1. The average Bonchev–Trinajstić information content (AvgIpc) is 3.12. The van der Waals surface area contributed by atoms with Gasteiger partial charge in [-0.05, 0) is 57.3 Å². The van der Waals surface area contributed by atoms with Crippen molar-refractivity contribution in [2.24, 2.45) is 5.92 Å². The van der Waals surface area contributed by atoms with Crippen molar-refractivity contribution in [3.8, 4) is 5.69 Å². The fourth-order valence-corrected chi connectivity index (χ4v) is 3.70. The molecule has 0 spiro atoms. The summed E-state index contributed by atoms with van der Waals surface area (Å²) in [6.45, 7) is 3.56. The molecule has 1 aromatic heterocycles. The number of carbonyl (C=O) groups is 1. The third-order valence-electron chi connectivity index (χ3n) is 5.32. The van der Waals surface area contributed by atoms with E-state index in [1.807, 2.05) is 7.05 Å². The molecule has 1 aliphatic heterocycles. The molecule has 2 aromatic rings. The van der Waals surface area contributed by atoms with Gasteiger partial charge in [-0.2, -0.15) is 18.3 Å². The van der Waals surface area contributed by atoms with Gasteiger partial charge in [0.1, 0.15) is 0 Å². The molecule has 29 heavy (non-hydrogen) atoms. The number of aromatic nitrogens is 2. The van der Waals surface area contributed by atoms with Gasteiger partial charge >= 0.3 is 6.18 Å². The molecule has 5 nitrogen and oxygen atoms in total. The molecular formula is C20H26ClF3N4O. The first-order chi connectivity index (χ1) is 13.3. The van der Waals surface area contributed by atoms with Crippen molar-refractivity contribution in [3.05, 3.63) is 47.3 Å². The number of amides is 1. The Kier molecular flexibility index (Phi) is 7.71. The fourth-order valence-electron chi connectivity index (χ4n) is 3.70. The van der Waals surface area contributed by atoms with Crippen LogP contribution in [-0.2, 0) is 6.18 Å². The minimum absolute atomic E-state index is 0. The van der Waals surface area contributed by atoms with E-state index in [9.17, 15) is 18.0 Å². The number of carbonyl (C=O) groups excluding carboxylic acids is 1. The zero-order chi connectivity index (χ0) is 20.3. The molecule has 2 heterocycles. The number of nitrogens with one attached hydrogen (secondary N) is 1. The average molecular weight is 431 g/mol. The molecule has 1 N–H and O–H groups in total. The normalized spacial score (nSPS) is 15.3. The largest absolute Gasteiger partial charge is 0.434 e. The first kappa shape index (κ1) is 23.2. The second-order valence-electron chi connectivity index (χ2n) is 7.23. The summed E-state index contributed by atoms with van der Waals surface area (Å²) in [6, 6.07) is 6.69. The summed E-state index contributed by atoms with van der Waals surface area (Å²) < 4.78 is 42.4. The van der Waals surface area contributed by atoms with Crippen molar-refractivity contribution in [2.75, 3.05) is 26.7 Å². The molecule has 9 heteroatoms. The number of alkyl halides is 3. The molecule has 0 saturated carbocycles. The Morgan fingerprint density at radius 3 is 2.48 bits per heavy atom. The van der Waals surface area contributed by atoms with Crippen molar-refractivity contribution in [3.63, 3.8) is 0 Å². The van der Waals surface area contributed by atoms with Crippen LogP contribution in [0.5, 0.6) is 0 Å². The van der Waals surface area contributed by atoms with Gasteiger partial charge in [0.05, 0.1) is 17.4 Å². The van der Waals surface area contributed by atoms with Crippen LogP contribution in [0.15, 0.2) is 30.5 Å². The summed E-state index contributed by atoms with van der Waals surface area (Å²) in [4.78, 5) is 14.4. The number of rotatable bonds is 5. The molecule has 1 fully saturated rings. The lowest BCUT2D eigenvalue weighted by molar-refractivity contribution is -0.143. The molecule has 0 atom stereocenters. The maximum Gasteiger partial charge on any atom is 0.434 e. The number of aryl methyl sites for hydroxylation is 1. The molecule has 0 radical (unpaired) electrons. The van der Waals surface area contributed by atoms with Crippen molar-refractivity contribution in [1.29, 1.82) is 0 Å². The van der Waals surface area contributed by atoms with E-state index in [2.05, 4.69) is 10.4 Å². The van der Waals surface area contributed by atoms with E-state index in [1.54, 1.807) is 31.2 Å². The predicted molar refractivity (Wildman–Crippen MR) is 108 cm³/mol. The maximum atomic E-state index is 13.8. The minimum Gasteiger partial charge on any atom is -0.339 e. The topological polar surface area (TPSA) is 50.2 Å². The number of nitrogens with zero attached hydrogens (tertiary/aromatic N) is 3.